The molecule has 1 amide bonds. The van der Waals surface area contributed by atoms with Gasteiger partial charge in [-0.2, -0.15) is 0 Å². The monoisotopic (exact) mass is 490 g/mol. The molecule has 9 heteroatoms. The predicted molar refractivity (Wildman–Crippen MR) is 138 cm³/mol. The highest BCUT2D eigenvalue weighted by molar-refractivity contribution is 5.87. The Bertz CT molecular complexity index is 1170. The lowest BCUT2D eigenvalue weighted by molar-refractivity contribution is -0.125. The van der Waals surface area contributed by atoms with E-state index in [4.69, 9.17) is 19.4 Å². The van der Waals surface area contributed by atoms with Crippen LogP contribution in [0.2, 0.25) is 0 Å². The second kappa shape index (κ2) is 9.37. The van der Waals surface area contributed by atoms with Gasteiger partial charge in [0.15, 0.2) is 5.75 Å². The van der Waals surface area contributed by atoms with Crippen molar-refractivity contribution in [2.24, 2.45) is 0 Å². The molecule has 0 spiro atoms. The number of amides is 1. The van der Waals surface area contributed by atoms with Crippen molar-refractivity contribution >= 4 is 23.1 Å². The lowest BCUT2D eigenvalue weighted by Gasteiger charge is -2.43. The topological polar surface area (TPSA) is 83.1 Å². The number of nitrogens with zero attached hydrogens (tertiary/aromatic N) is 5. The van der Waals surface area contributed by atoms with E-state index in [1.165, 1.54) is 6.08 Å². The van der Waals surface area contributed by atoms with Gasteiger partial charge in [-0.3, -0.25) is 14.7 Å². The van der Waals surface area contributed by atoms with Crippen molar-refractivity contribution < 1.29 is 14.3 Å². The summed E-state index contributed by atoms with van der Waals surface area (Å²) in [7, 11) is 0. The Hall–Kier alpha value is -3.17. The molecule has 9 nitrogen and oxygen atoms in total. The molecule has 2 aromatic rings. The van der Waals surface area contributed by atoms with E-state index in [-0.39, 0.29) is 12.0 Å². The average Bonchev–Trinajstić information content (AvgIpc) is 3.29. The average molecular weight is 491 g/mol. The van der Waals surface area contributed by atoms with E-state index >= 15 is 0 Å². The van der Waals surface area contributed by atoms with E-state index < -0.39 is 0 Å². The molecule has 6 heterocycles. The molecule has 0 radical (unpaired) electrons. The number of fused-ring (bicyclic) bond motifs is 2. The van der Waals surface area contributed by atoms with Gasteiger partial charge >= 0.3 is 0 Å². The van der Waals surface area contributed by atoms with Crippen LogP contribution in [-0.4, -0.2) is 84.2 Å². The van der Waals surface area contributed by atoms with E-state index in [0.29, 0.717) is 12.0 Å². The minimum atomic E-state index is -0.158. The van der Waals surface area contributed by atoms with Crippen LogP contribution in [-0.2, 0) is 9.53 Å². The van der Waals surface area contributed by atoms with E-state index in [1.54, 1.807) is 0 Å². The maximum absolute atomic E-state index is 11.9. The van der Waals surface area contributed by atoms with Gasteiger partial charge in [0.2, 0.25) is 5.91 Å². The van der Waals surface area contributed by atoms with E-state index in [9.17, 15) is 4.79 Å². The number of likely N-dealkylation sites (tertiary alicyclic amines) is 2. The summed E-state index contributed by atoms with van der Waals surface area (Å²) in [5.41, 5.74) is 5.13. The van der Waals surface area contributed by atoms with Crippen LogP contribution < -0.4 is 15.0 Å². The second-order valence-electron chi connectivity index (χ2n) is 10.2. The molecule has 0 unspecified atom stereocenters. The minimum Gasteiger partial charge on any atom is -0.482 e. The molecule has 4 aliphatic rings. The Balaban J connectivity index is 1.21. The standard InChI is InChI=1S/C27H34N6O3/c1-4-24(34)32-8-6-20(16-32)33-14-19(15-33)21-13-22-26(17(2)29-21)36-18(3)25-23(5-7-28-27(25)30-22)31-9-11-35-12-10-31/h4-5,7,13,18-20H,1,6,8-12,14-16H2,2-3H3,(H,28,30)/t18-,20-/m1/s1. The molecule has 2 atom stereocenters. The van der Waals surface area contributed by atoms with Crippen LogP contribution in [0.25, 0.3) is 0 Å². The van der Waals surface area contributed by atoms with E-state index in [0.717, 1.165) is 98.8 Å². The number of morpholine rings is 1. The van der Waals surface area contributed by atoms with Crippen molar-refractivity contribution in [3.63, 3.8) is 0 Å². The number of ether oxygens (including phenoxy) is 2. The van der Waals surface area contributed by atoms with Crippen LogP contribution in [0.3, 0.4) is 0 Å². The molecule has 3 fully saturated rings. The number of rotatable bonds is 4. The molecule has 0 aromatic carbocycles. The van der Waals surface area contributed by atoms with Gasteiger partial charge in [0.05, 0.1) is 30.2 Å². The molecule has 2 aromatic heterocycles. The van der Waals surface area contributed by atoms with Crippen molar-refractivity contribution in [2.75, 3.05) is 62.7 Å². The molecule has 0 bridgehead atoms. The van der Waals surface area contributed by atoms with Gasteiger partial charge in [0.1, 0.15) is 11.9 Å². The zero-order valence-electron chi connectivity index (χ0n) is 21.1. The second-order valence-corrected chi connectivity index (χ2v) is 10.2. The van der Waals surface area contributed by atoms with Gasteiger partial charge in [-0.1, -0.05) is 6.58 Å². The molecule has 190 valence electrons. The summed E-state index contributed by atoms with van der Waals surface area (Å²) >= 11 is 0. The van der Waals surface area contributed by atoms with Gasteiger partial charge < -0.3 is 24.6 Å². The normalized spacial score (nSPS) is 24.2. The third-order valence-electron chi connectivity index (χ3n) is 7.93. The van der Waals surface area contributed by atoms with Crippen molar-refractivity contribution in [2.45, 2.75) is 38.3 Å². The number of pyridine rings is 2. The highest BCUT2D eigenvalue weighted by Gasteiger charge is 2.39. The van der Waals surface area contributed by atoms with Crippen LogP contribution in [0.15, 0.2) is 31.0 Å². The fourth-order valence-electron chi connectivity index (χ4n) is 5.91. The van der Waals surface area contributed by atoms with Gasteiger partial charge in [0, 0.05) is 68.8 Å². The molecule has 6 rings (SSSR count). The number of carbonyl (C=O) groups is 1. The third kappa shape index (κ3) is 4.10. The quantitative estimate of drug-likeness (QED) is 0.655. The van der Waals surface area contributed by atoms with Crippen molar-refractivity contribution in [3.8, 4) is 5.75 Å². The SMILES string of the molecule is C=CC(=O)N1CC[C@@H](N2CC(c3cc4c(c(C)n3)O[C@H](C)c3c(N5CCOCC5)ccnc3N4)C2)C1. The number of aryl methyl sites for hydroxylation is 1. The number of hydrogen-bond acceptors (Lipinski definition) is 8. The summed E-state index contributed by atoms with van der Waals surface area (Å²) in [6.45, 7) is 14.4. The Morgan fingerprint density at radius 3 is 2.81 bits per heavy atom. The molecular formula is C27H34N6O3. The summed E-state index contributed by atoms with van der Waals surface area (Å²) in [6.07, 6.45) is 4.14. The van der Waals surface area contributed by atoms with Crippen molar-refractivity contribution in [1.29, 1.82) is 0 Å². The lowest BCUT2D eigenvalue weighted by Crippen LogP contribution is -2.52. The lowest BCUT2D eigenvalue weighted by atomic mass is 9.92. The fraction of sp³-hybridized carbons (Fsp3) is 0.519. The highest BCUT2D eigenvalue weighted by atomic mass is 16.5. The highest BCUT2D eigenvalue weighted by Crippen LogP contribution is 2.44. The third-order valence-corrected chi connectivity index (χ3v) is 7.93. The minimum absolute atomic E-state index is 0.0311. The summed E-state index contributed by atoms with van der Waals surface area (Å²) in [5, 5.41) is 3.59. The first-order chi connectivity index (χ1) is 17.5. The zero-order chi connectivity index (χ0) is 24.8. The molecular weight excluding hydrogens is 456 g/mol. The maximum atomic E-state index is 11.9. The van der Waals surface area contributed by atoms with Gasteiger partial charge in [-0.25, -0.2) is 4.98 Å². The van der Waals surface area contributed by atoms with Crippen molar-refractivity contribution in [1.82, 2.24) is 19.8 Å². The number of nitrogens with one attached hydrogen (secondary N) is 1. The van der Waals surface area contributed by atoms with E-state index in [1.807, 2.05) is 18.0 Å². The Labute approximate surface area is 212 Å². The number of hydrogen-bond donors (Lipinski definition) is 1. The van der Waals surface area contributed by atoms with Gasteiger partial charge in [-0.05, 0) is 38.5 Å². The number of carbonyl (C=O) groups excluding carboxylic acids is 1. The van der Waals surface area contributed by atoms with Crippen LogP contribution in [0.5, 0.6) is 5.75 Å². The maximum Gasteiger partial charge on any atom is 0.246 e. The zero-order valence-corrected chi connectivity index (χ0v) is 21.1. The summed E-state index contributed by atoms with van der Waals surface area (Å²) in [4.78, 5) is 28.3. The smallest absolute Gasteiger partial charge is 0.246 e. The molecule has 36 heavy (non-hydrogen) atoms. The molecule has 0 saturated carbocycles. The first-order valence-corrected chi connectivity index (χ1v) is 12.9. The van der Waals surface area contributed by atoms with Crippen LogP contribution in [0, 0.1) is 6.92 Å². The Kier molecular flexibility index (Phi) is 6.05. The first kappa shape index (κ1) is 23.2. The summed E-state index contributed by atoms with van der Waals surface area (Å²) < 4.78 is 12.1. The number of aromatic nitrogens is 2. The van der Waals surface area contributed by atoms with E-state index in [2.05, 4.69) is 40.8 Å². The van der Waals surface area contributed by atoms with Crippen LogP contribution >= 0.6 is 0 Å². The summed E-state index contributed by atoms with van der Waals surface area (Å²) in [5.74, 6) is 2.04. The van der Waals surface area contributed by atoms with Crippen molar-refractivity contribution in [3.05, 3.63) is 47.9 Å². The largest absolute Gasteiger partial charge is 0.482 e. The van der Waals surface area contributed by atoms with Crippen LogP contribution in [0.1, 0.15) is 42.3 Å². The predicted octanol–water partition coefficient (Wildman–Crippen LogP) is 3.00. The van der Waals surface area contributed by atoms with Gasteiger partial charge in [0.25, 0.3) is 0 Å². The van der Waals surface area contributed by atoms with Crippen LogP contribution in [0.4, 0.5) is 17.2 Å². The van der Waals surface area contributed by atoms with Gasteiger partial charge in [-0.15, -0.1) is 0 Å². The Morgan fingerprint density at radius 1 is 1.22 bits per heavy atom. The number of anilines is 3. The molecule has 3 saturated heterocycles. The molecule has 0 aliphatic carbocycles. The summed E-state index contributed by atoms with van der Waals surface area (Å²) in [6, 6.07) is 4.63. The molecule has 1 N–H and O–H groups in total. The molecule has 4 aliphatic heterocycles. The Morgan fingerprint density at radius 2 is 2.03 bits per heavy atom. The first-order valence-electron chi connectivity index (χ1n) is 12.9. The fourth-order valence-corrected chi connectivity index (χ4v) is 5.91.